The van der Waals surface area contributed by atoms with Crippen LogP contribution in [0.2, 0.25) is 0 Å². The van der Waals surface area contributed by atoms with E-state index in [0.29, 0.717) is 36.1 Å². The minimum absolute atomic E-state index is 0.0544. The van der Waals surface area contributed by atoms with Gasteiger partial charge in [0.1, 0.15) is 0 Å². The maximum absolute atomic E-state index is 12.0. The molecule has 32 heavy (non-hydrogen) atoms. The first kappa shape index (κ1) is 24.3. The number of hydrogen-bond acceptors (Lipinski definition) is 3. The average Bonchev–Trinajstić information content (AvgIpc) is 3.08. The Morgan fingerprint density at radius 2 is 1.72 bits per heavy atom. The Morgan fingerprint density at radius 3 is 2.38 bits per heavy atom. The molecule has 4 saturated carbocycles. The van der Waals surface area contributed by atoms with Crippen molar-refractivity contribution in [3.63, 3.8) is 0 Å². The summed E-state index contributed by atoms with van der Waals surface area (Å²) in [5.74, 6) is 2.96. The highest BCUT2D eigenvalue weighted by Gasteiger charge is 2.69. The van der Waals surface area contributed by atoms with E-state index in [1.54, 1.807) is 0 Å². The Labute approximate surface area is 195 Å². The van der Waals surface area contributed by atoms with Crippen LogP contribution >= 0.6 is 0 Å². The molecular weight excluding hydrogens is 400 g/mol. The molecule has 0 aromatic carbocycles. The van der Waals surface area contributed by atoms with Crippen molar-refractivity contribution in [2.75, 3.05) is 6.54 Å². The highest BCUT2D eigenvalue weighted by Crippen LogP contribution is 2.74. The minimum Gasteiger partial charge on any atom is -0.393 e. The second-order valence-corrected chi connectivity index (χ2v) is 12.8. The summed E-state index contributed by atoms with van der Waals surface area (Å²) in [5, 5.41) is 25.3. The van der Waals surface area contributed by atoms with Crippen LogP contribution in [0.25, 0.3) is 0 Å². The van der Waals surface area contributed by atoms with Crippen molar-refractivity contribution in [2.45, 2.75) is 105 Å². The molecule has 5 heteroatoms. The fraction of sp³-hybridized carbons (Fsp3) is 0.963. The van der Waals surface area contributed by atoms with Crippen LogP contribution in [0.4, 0.5) is 4.79 Å². The van der Waals surface area contributed by atoms with E-state index in [0.717, 1.165) is 32.1 Å². The van der Waals surface area contributed by atoms with Gasteiger partial charge in [0.15, 0.2) is 0 Å². The standard InChI is InChI=1S/C27H48N2O3/c1-6-18-20-15-17(30)9-12-26(20,4)22-10-13-25(3)19(16(2)11-14-29-24(28)32)7-8-21(25)27(22,5)23(18)31/h16-23,30-31H,6-15H2,1-5H3,(H3,28,29,32)/t16-,17-,18-,19-,20+,21-,22-,23-,25-,26+,27+/m1/s1. The molecule has 0 aromatic rings. The van der Waals surface area contributed by atoms with Gasteiger partial charge in [-0.1, -0.05) is 41.0 Å². The van der Waals surface area contributed by atoms with E-state index in [1.807, 2.05) is 0 Å². The van der Waals surface area contributed by atoms with Gasteiger partial charge in [-0.25, -0.2) is 4.79 Å². The fourth-order valence-corrected chi connectivity index (χ4v) is 10.3. The molecule has 4 rings (SSSR count). The van der Waals surface area contributed by atoms with E-state index in [-0.39, 0.29) is 34.4 Å². The van der Waals surface area contributed by atoms with E-state index in [2.05, 4.69) is 39.9 Å². The molecule has 0 heterocycles. The van der Waals surface area contributed by atoms with Gasteiger partial charge in [0, 0.05) is 12.0 Å². The van der Waals surface area contributed by atoms with Crippen LogP contribution in [0.15, 0.2) is 0 Å². The first-order valence-electron chi connectivity index (χ1n) is 13.4. The van der Waals surface area contributed by atoms with E-state index in [4.69, 9.17) is 5.73 Å². The molecule has 0 aliphatic heterocycles. The number of carbonyl (C=O) groups is 1. The molecule has 0 bridgehead atoms. The van der Waals surface area contributed by atoms with Gasteiger partial charge in [0.2, 0.25) is 0 Å². The largest absolute Gasteiger partial charge is 0.393 e. The van der Waals surface area contributed by atoms with Gasteiger partial charge in [0.25, 0.3) is 0 Å². The quantitative estimate of drug-likeness (QED) is 0.491. The number of hydrogen-bond donors (Lipinski definition) is 4. The molecular formula is C27H48N2O3. The van der Waals surface area contributed by atoms with Crippen molar-refractivity contribution >= 4 is 6.03 Å². The van der Waals surface area contributed by atoms with Crippen LogP contribution in [0, 0.1) is 51.8 Å². The Bertz CT molecular complexity index is 715. The monoisotopic (exact) mass is 448 g/mol. The zero-order valence-corrected chi connectivity index (χ0v) is 21.1. The van der Waals surface area contributed by atoms with Crippen molar-refractivity contribution in [1.82, 2.24) is 5.32 Å². The highest BCUT2D eigenvalue weighted by molar-refractivity contribution is 5.71. The molecule has 0 saturated heterocycles. The van der Waals surface area contributed by atoms with Crippen molar-refractivity contribution in [3.8, 4) is 0 Å². The Morgan fingerprint density at radius 1 is 1.06 bits per heavy atom. The van der Waals surface area contributed by atoms with Crippen LogP contribution < -0.4 is 11.1 Å². The van der Waals surface area contributed by atoms with Gasteiger partial charge in [0.05, 0.1) is 12.2 Å². The Hall–Kier alpha value is -0.810. The fourth-order valence-electron chi connectivity index (χ4n) is 10.3. The van der Waals surface area contributed by atoms with Crippen LogP contribution in [0.3, 0.4) is 0 Å². The first-order chi connectivity index (χ1) is 15.0. The third-order valence-electron chi connectivity index (χ3n) is 11.7. The number of amides is 2. The molecule has 2 amide bonds. The third-order valence-corrected chi connectivity index (χ3v) is 11.7. The SMILES string of the molecule is CC[C@H]1[C@@H](O)[C@@]2(C)[C@@H]3CC[C@H]([C@H](C)CCNC(N)=O)[C@@]3(C)CC[C@@H]2[C@@]2(C)CC[C@@H](O)C[C@@H]12. The number of urea groups is 1. The lowest BCUT2D eigenvalue weighted by Crippen LogP contribution is -2.67. The molecule has 0 aromatic heterocycles. The summed E-state index contributed by atoms with van der Waals surface area (Å²) in [7, 11) is 0. The summed E-state index contributed by atoms with van der Waals surface area (Å²) in [5.41, 5.74) is 5.69. The highest BCUT2D eigenvalue weighted by atomic mass is 16.3. The second kappa shape index (κ2) is 8.45. The number of aliphatic hydroxyl groups excluding tert-OH is 2. The molecule has 11 atom stereocenters. The molecule has 5 nitrogen and oxygen atoms in total. The smallest absolute Gasteiger partial charge is 0.312 e. The predicted octanol–water partition coefficient (Wildman–Crippen LogP) is 4.70. The first-order valence-corrected chi connectivity index (χ1v) is 13.4. The summed E-state index contributed by atoms with van der Waals surface area (Å²) >= 11 is 0. The number of nitrogens with one attached hydrogen (secondary N) is 1. The number of carbonyl (C=O) groups excluding carboxylic acids is 1. The van der Waals surface area contributed by atoms with Gasteiger partial charge < -0.3 is 21.3 Å². The number of nitrogens with two attached hydrogens (primary N) is 1. The van der Waals surface area contributed by atoms with Crippen molar-refractivity contribution < 1.29 is 15.0 Å². The number of aliphatic hydroxyl groups is 2. The van der Waals surface area contributed by atoms with Gasteiger partial charge >= 0.3 is 6.03 Å². The van der Waals surface area contributed by atoms with Gasteiger partial charge in [-0.15, -0.1) is 0 Å². The maximum atomic E-state index is 12.0. The number of primary amides is 1. The summed E-state index contributed by atoms with van der Waals surface area (Å²) in [4.78, 5) is 11.1. The Kier molecular flexibility index (Phi) is 6.42. The Balaban J connectivity index is 1.63. The lowest BCUT2D eigenvalue weighted by atomic mass is 9.36. The van der Waals surface area contributed by atoms with Gasteiger partial charge in [-0.05, 0) is 97.7 Å². The normalized spacial score (nSPS) is 51.3. The molecule has 0 radical (unpaired) electrons. The molecule has 0 unspecified atom stereocenters. The molecule has 4 aliphatic rings. The van der Waals surface area contributed by atoms with Crippen LogP contribution in [-0.2, 0) is 0 Å². The zero-order chi connectivity index (χ0) is 23.5. The van der Waals surface area contributed by atoms with Crippen molar-refractivity contribution in [2.24, 2.45) is 57.5 Å². The molecule has 4 fully saturated rings. The molecule has 0 spiro atoms. The lowest BCUT2D eigenvalue weighted by molar-refractivity contribution is -0.250. The minimum atomic E-state index is -0.433. The maximum Gasteiger partial charge on any atom is 0.312 e. The van der Waals surface area contributed by atoms with Crippen LogP contribution in [-0.4, -0.2) is 35.0 Å². The number of rotatable bonds is 5. The topological polar surface area (TPSA) is 95.6 Å². The second-order valence-electron chi connectivity index (χ2n) is 12.8. The average molecular weight is 449 g/mol. The van der Waals surface area contributed by atoms with Crippen molar-refractivity contribution in [3.05, 3.63) is 0 Å². The number of fused-ring (bicyclic) bond motifs is 5. The zero-order valence-electron chi connectivity index (χ0n) is 21.1. The summed E-state index contributed by atoms with van der Waals surface area (Å²) in [6.07, 6.45) is 9.24. The third kappa shape index (κ3) is 3.43. The van der Waals surface area contributed by atoms with Gasteiger partial charge in [-0.2, -0.15) is 0 Å². The summed E-state index contributed by atoms with van der Waals surface area (Å²) < 4.78 is 0. The molecule has 4 aliphatic carbocycles. The van der Waals surface area contributed by atoms with Gasteiger partial charge in [-0.3, -0.25) is 0 Å². The lowest BCUT2D eigenvalue weighted by Gasteiger charge is -2.69. The molecule has 184 valence electrons. The predicted molar refractivity (Wildman–Crippen MR) is 128 cm³/mol. The summed E-state index contributed by atoms with van der Waals surface area (Å²) in [6, 6.07) is -0.433. The van der Waals surface area contributed by atoms with E-state index >= 15 is 0 Å². The van der Waals surface area contributed by atoms with Crippen LogP contribution in [0.1, 0.15) is 92.4 Å². The van der Waals surface area contributed by atoms with E-state index in [1.165, 1.54) is 25.7 Å². The summed E-state index contributed by atoms with van der Waals surface area (Å²) in [6.45, 7) is 12.7. The molecule has 5 N–H and O–H groups in total. The van der Waals surface area contributed by atoms with Crippen LogP contribution in [0.5, 0.6) is 0 Å². The van der Waals surface area contributed by atoms with E-state index < -0.39 is 6.03 Å². The van der Waals surface area contributed by atoms with E-state index in [9.17, 15) is 15.0 Å². The van der Waals surface area contributed by atoms with Crippen molar-refractivity contribution in [1.29, 1.82) is 0 Å².